The molecule has 1 amide bonds. The fourth-order valence-corrected chi connectivity index (χ4v) is 3.39. The Bertz CT molecular complexity index is 704. The summed E-state index contributed by atoms with van der Waals surface area (Å²) in [6, 6.07) is 4.66. The molecule has 8 heteroatoms. The molecule has 0 radical (unpaired) electrons. The number of carbonyl (C=O) groups is 1. The molecule has 0 bridgehead atoms. The molecule has 0 aliphatic carbocycles. The Balaban J connectivity index is 1.88. The zero-order chi connectivity index (χ0) is 20.9. The van der Waals surface area contributed by atoms with Gasteiger partial charge in [-0.1, -0.05) is 0 Å². The van der Waals surface area contributed by atoms with Crippen molar-refractivity contribution in [2.24, 2.45) is 5.92 Å². The van der Waals surface area contributed by atoms with Gasteiger partial charge in [0, 0.05) is 18.2 Å². The summed E-state index contributed by atoms with van der Waals surface area (Å²) in [5, 5.41) is 11.2. The molecule has 28 heavy (non-hydrogen) atoms. The highest BCUT2D eigenvalue weighted by atomic mass is 19.1. The van der Waals surface area contributed by atoms with E-state index in [0.717, 1.165) is 0 Å². The fraction of sp³-hybridized carbons (Fsp3) is 0.650. The maximum atomic E-state index is 14.6. The second-order valence-corrected chi connectivity index (χ2v) is 8.14. The number of likely N-dealkylation sites (tertiary alicyclic amines) is 1. The third-order valence-electron chi connectivity index (χ3n) is 4.83. The molecule has 1 saturated heterocycles. The first kappa shape index (κ1) is 21.9. The van der Waals surface area contributed by atoms with Crippen LogP contribution in [0.3, 0.4) is 0 Å². The van der Waals surface area contributed by atoms with Crippen LogP contribution in [-0.2, 0) is 11.2 Å². The van der Waals surface area contributed by atoms with Gasteiger partial charge in [-0.25, -0.2) is 9.18 Å². The molecule has 0 saturated carbocycles. The van der Waals surface area contributed by atoms with Gasteiger partial charge in [0.15, 0.2) is 0 Å². The van der Waals surface area contributed by atoms with Gasteiger partial charge in [-0.3, -0.25) is 10.1 Å². The van der Waals surface area contributed by atoms with Crippen LogP contribution in [0, 0.1) is 16.0 Å². The van der Waals surface area contributed by atoms with Crippen LogP contribution in [-0.4, -0.2) is 47.9 Å². The number of piperidine rings is 1. The van der Waals surface area contributed by atoms with Gasteiger partial charge in [0.2, 0.25) is 0 Å². The Hall–Kier alpha value is -2.38. The highest BCUT2D eigenvalue weighted by Gasteiger charge is 2.33. The van der Waals surface area contributed by atoms with Crippen molar-refractivity contribution in [3.05, 3.63) is 33.9 Å². The van der Waals surface area contributed by atoms with Crippen molar-refractivity contribution >= 4 is 11.8 Å². The van der Waals surface area contributed by atoms with Crippen LogP contribution in [0.15, 0.2) is 18.2 Å². The van der Waals surface area contributed by atoms with Gasteiger partial charge < -0.3 is 14.4 Å². The molecule has 0 N–H and O–H groups in total. The SMILES string of the molecule is COc1ccc([N+](=O)[O-])c(CCCC2CCN(C(=O)OC(C)(C)C)CC2F)c1. The predicted octanol–water partition coefficient (Wildman–Crippen LogP) is 4.52. The molecule has 1 aliphatic heterocycles. The van der Waals surface area contributed by atoms with Crippen molar-refractivity contribution in [3.63, 3.8) is 0 Å². The number of nitro benzene ring substituents is 1. The van der Waals surface area contributed by atoms with Crippen molar-refractivity contribution in [2.75, 3.05) is 20.2 Å². The smallest absolute Gasteiger partial charge is 0.410 e. The molecule has 1 aliphatic rings. The Kier molecular flexibility index (Phi) is 7.21. The summed E-state index contributed by atoms with van der Waals surface area (Å²) in [5.74, 6) is 0.401. The number of carbonyl (C=O) groups excluding carboxylic acids is 1. The second-order valence-electron chi connectivity index (χ2n) is 8.14. The molecule has 2 rings (SSSR count). The number of aryl methyl sites for hydroxylation is 1. The van der Waals surface area contributed by atoms with Gasteiger partial charge in [-0.05, 0) is 64.5 Å². The van der Waals surface area contributed by atoms with Crippen molar-refractivity contribution in [1.29, 1.82) is 0 Å². The summed E-state index contributed by atoms with van der Waals surface area (Å²) in [7, 11) is 1.51. The van der Waals surface area contributed by atoms with Crippen LogP contribution >= 0.6 is 0 Å². The molecule has 2 unspecified atom stereocenters. The monoisotopic (exact) mass is 396 g/mol. The first-order valence-corrected chi connectivity index (χ1v) is 9.54. The van der Waals surface area contributed by atoms with Crippen LogP contribution in [0.2, 0.25) is 0 Å². The maximum Gasteiger partial charge on any atom is 0.410 e. The fourth-order valence-electron chi connectivity index (χ4n) is 3.39. The number of halogens is 1. The summed E-state index contributed by atoms with van der Waals surface area (Å²) in [6.07, 6.45) is 0.665. The van der Waals surface area contributed by atoms with E-state index in [1.54, 1.807) is 32.9 Å². The van der Waals surface area contributed by atoms with E-state index in [4.69, 9.17) is 9.47 Å². The molecule has 1 fully saturated rings. The molecular weight excluding hydrogens is 367 g/mol. The minimum absolute atomic E-state index is 0.0267. The van der Waals surface area contributed by atoms with Gasteiger partial charge in [0.1, 0.15) is 17.5 Å². The number of methoxy groups -OCH3 is 1. The molecule has 1 aromatic carbocycles. The van der Waals surface area contributed by atoms with Crippen molar-refractivity contribution in [1.82, 2.24) is 4.90 Å². The van der Waals surface area contributed by atoms with E-state index >= 15 is 0 Å². The lowest BCUT2D eigenvalue weighted by Crippen LogP contribution is -2.46. The first-order chi connectivity index (χ1) is 13.1. The summed E-state index contributed by atoms with van der Waals surface area (Å²) in [4.78, 5) is 24.3. The average Bonchev–Trinajstić information content (AvgIpc) is 2.61. The Morgan fingerprint density at radius 1 is 1.39 bits per heavy atom. The van der Waals surface area contributed by atoms with Crippen molar-refractivity contribution in [3.8, 4) is 5.75 Å². The number of ether oxygens (including phenoxy) is 2. The zero-order valence-electron chi connectivity index (χ0n) is 16.9. The Morgan fingerprint density at radius 3 is 2.68 bits per heavy atom. The molecule has 156 valence electrons. The highest BCUT2D eigenvalue weighted by Crippen LogP contribution is 2.29. The van der Waals surface area contributed by atoms with E-state index in [9.17, 15) is 19.3 Å². The van der Waals surface area contributed by atoms with E-state index in [0.29, 0.717) is 43.5 Å². The number of nitrogens with zero attached hydrogens (tertiary/aromatic N) is 2. The number of amides is 1. The Morgan fingerprint density at radius 2 is 2.11 bits per heavy atom. The van der Waals surface area contributed by atoms with Gasteiger partial charge in [0.05, 0.1) is 18.6 Å². The second kappa shape index (κ2) is 9.21. The lowest BCUT2D eigenvalue weighted by molar-refractivity contribution is -0.385. The number of rotatable bonds is 6. The summed E-state index contributed by atoms with van der Waals surface area (Å²) in [6.45, 7) is 5.82. The predicted molar refractivity (Wildman–Crippen MR) is 103 cm³/mol. The standard InChI is InChI=1S/C20H29FN2O5/c1-20(2,3)28-19(24)22-11-10-14(17(21)13-22)6-5-7-15-12-16(27-4)8-9-18(15)23(25)26/h8-9,12,14,17H,5-7,10-11,13H2,1-4H3. The van der Waals surface area contributed by atoms with Crippen LogP contribution in [0.1, 0.15) is 45.6 Å². The van der Waals surface area contributed by atoms with Gasteiger partial charge in [-0.15, -0.1) is 0 Å². The number of alkyl halides is 1. The zero-order valence-corrected chi connectivity index (χ0v) is 16.9. The average molecular weight is 396 g/mol. The molecule has 7 nitrogen and oxygen atoms in total. The van der Waals surface area contributed by atoms with E-state index in [1.165, 1.54) is 18.1 Å². The largest absolute Gasteiger partial charge is 0.497 e. The third-order valence-corrected chi connectivity index (χ3v) is 4.83. The number of hydrogen-bond acceptors (Lipinski definition) is 5. The van der Waals surface area contributed by atoms with E-state index in [-0.39, 0.29) is 18.2 Å². The molecule has 0 spiro atoms. The van der Waals surface area contributed by atoms with E-state index in [2.05, 4.69) is 0 Å². The minimum Gasteiger partial charge on any atom is -0.497 e. The summed E-state index contributed by atoms with van der Waals surface area (Å²) < 4.78 is 25.0. The van der Waals surface area contributed by atoms with Crippen LogP contribution in [0.25, 0.3) is 0 Å². The first-order valence-electron chi connectivity index (χ1n) is 9.54. The van der Waals surface area contributed by atoms with E-state index < -0.39 is 22.8 Å². The Labute approximate surface area is 165 Å². The molecule has 2 atom stereocenters. The lowest BCUT2D eigenvalue weighted by Gasteiger charge is -2.35. The lowest BCUT2D eigenvalue weighted by atomic mass is 9.89. The quantitative estimate of drug-likeness (QED) is 0.521. The normalized spacial score (nSPS) is 20.0. The molecular formula is C20H29FN2O5. The van der Waals surface area contributed by atoms with Crippen LogP contribution in [0.4, 0.5) is 14.9 Å². The van der Waals surface area contributed by atoms with Crippen molar-refractivity contribution < 1.29 is 23.6 Å². The van der Waals surface area contributed by atoms with E-state index in [1.807, 2.05) is 0 Å². The topological polar surface area (TPSA) is 81.9 Å². The number of benzene rings is 1. The molecule has 1 heterocycles. The summed E-state index contributed by atoms with van der Waals surface area (Å²) >= 11 is 0. The van der Waals surface area contributed by atoms with Crippen LogP contribution < -0.4 is 4.74 Å². The summed E-state index contributed by atoms with van der Waals surface area (Å²) in [5.41, 5.74) is 0.0360. The third kappa shape index (κ3) is 6.07. The van der Waals surface area contributed by atoms with Crippen LogP contribution in [0.5, 0.6) is 5.75 Å². The highest BCUT2D eigenvalue weighted by molar-refractivity contribution is 5.68. The number of nitro groups is 1. The van der Waals surface area contributed by atoms with Gasteiger partial charge >= 0.3 is 6.09 Å². The van der Waals surface area contributed by atoms with Crippen molar-refractivity contribution in [2.45, 2.75) is 58.2 Å². The maximum absolute atomic E-state index is 14.6. The minimum atomic E-state index is -1.12. The molecule has 0 aromatic heterocycles. The number of hydrogen-bond donors (Lipinski definition) is 0. The van der Waals surface area contributed by atoms with Gasteiger partial charge in [0.25, 0.3) is 5.69 Å². The molecule has 1 aromatic rings. The van der Waals surface area contributed by atoms with Gasteiger partial charge in [-0.2, -0.15) is 0 Å².